The second-order valence-corrected chi connectivity index (χ2v) is 21.0. The summed E-state index contributed by atoms with van der Waals surface area (Å²) in [6, 6.07) is 42.1. The van der Waals surface area contributed by atoms with E-state index in [4.69, 9.17) is 55.9 Å². The molecular formula is C46H50BrCl2O8PPdSi. The van der Waals surface area contributed by atoms with Crippen LogP contribution in [0.5, 0.6) is 0 Å². The van der Waals surface area contributed by atoms with Gasteiger partial charge in [0.2, 0.25) is 0 Å². The van der Waals surface area contributed by atoms with E-state index in [1.165, 1.54) is 36.2 Å². The van der Waals surface area contributed by atoms with E-state index in [0.29, 0.717) is 26.7 Å². The number of terminal acetylenes is 2. The van der Waals surface area contributed by atoms with Crippen LogP contribution in [-0.2, 0) is 39.5 Å². The van der Waals surface area contributed by atoms with Crippen LogP contribution >= 0.6 is 47.1 Å². The molecule has 5 rings (SSSR count). The normalized spacial score (nSPS) is 9.08. The summed E-state index contributed by atoms with van der Waals surface area (Å²) in [6.07, 6.45) is 10.3. The molecule has 0 aliphatic rings. The van der Waals surface area contributed by atoms with Crippen LogP contribution in [0.2, 0.25) is 29.7 Å². The van der Waals surface area contributed by atoms with E-state index < -0.39 is 39.9 Å². The molecule has 60 heavy (non-hydrogen) atoms. The first-order valence-corrected chi connectivity index (χ1v) is 23.4. The maximum Gasteiger partial charge on any atom is 0.339 e. The summed E-state index contributed by atoms with van der Waals surface area (Å²) in [5.41, 5.74) is 4.01. The van der Waals surface area contributed by atoms with Crippen LogP contribution in [0, 0.1) is 24.3 Å². The van der Waals surface area contributed by atoms with Crippen LogP contribution in [0.1, 0.15) is 47.6 Å². The molecule has 0 atom stereocenters. The minimum Gasteiger partial charge on any atom is -0.481 e. The predicted octanol–water partition coefficient (Wildman–Crippen LogP) is 10.8. The summed E-state index contributed by atoms with van der Waals surface area (Å²) in [6.45, 7) is 8.60. The summed E-state index contributed by atoms with van der Waals surface area (Å²) in [7, 11) is 1.06. The number of rotatable bonds is 5. The Morgan fingerprint density at radius 1 is 0.633 bits per heavy atom. The molecule has 0 aromatic heterocycles. The van der Waals surface area contributed by atoms with Crippen LogP contribution in [0.25, 0.3) is 0 Å². The van der Waals surface area contributed by atoms with Gasteiger partial charge in [0.05, 0.1) is 35.4 Å². The molecule has 0 unspecified atom stereocenters. The topological polar surface area (TPSA) is 127 Å². The smallest absolute Gasteiger partial charge is 0.339 e. The number of carboxylic acid groups (broad SMARTS) is 2. The third kappa shape index (κ3) is 26.5. The molecule has 0 bridgehead atoms. The molecule has 8 nitrogen and oxygen atoms in total. The van der Waals surface area contributed by atoms with E-state index in [2.05, 4.69) is 148 Å². The Morgan fingerprint density at radius 2 is 0.933 bits per heavy atom. The maximum absolute atomic E-state index is 11.1. The van der Waals surface area contributed by atoms with Crippen molar-refractivity contribution in [2.45, 2.75) is 40.9 Å². The molecule has 14 heteroatoms. The first-order valence-electron chi connectivity index (χ1n) is 17.0. The molecule has 0 radical (unpaired) electrons. The maximum atomic E-state index is 11.1. The van der Waals surface area contributed by atoms with Crippen LogP contribution < -0.4 is 15.9 Å². The van der Waals surface area contributed by atoms with Gasteiger partial charge >= 0.3 is 11.9 Å². The summed E-state index contributed by atoms with van der Waals surface area (Å²) in [5.74, 6) is -0.173. The molecule has 322 valence electrons. The van der Waals surface area contributed by atoms with Gasteiger partial charge in [-0.25, -0.2) is 9.59 Å². The first-order chi connectivity index (χ1) is 27.3. The second kappa shape index (κ2) is 33.2. The van der Waals surface area contributed by atoms with Crippen molar-refractivity contribution in [3.8, 4) is 24.3 Å². The average Bonchev–Trinajstić information content (AvgIpc) is 3.20. The third-order valence-corrected chi connectivity index (χ3v) is 10.8. The van der Waals surface area contributed by atoms with Crippen LogP contribution in [0.3, 0.4) is 0 Å². The van der Waals surface area contributed by atoms with Gasteiger partial charge in [0.25, 0.3) is 11.9 Å². The fourth-order valence-electron chi connectivity index (χ4n) is 3.82. The van der Waals surface area contributed by atoms with Gasteiger partial charge in [0, 0.05) is 44.3 Å². The largest absolute Gasteiger partial charge is 0.481 e. The Morgan fingerprint density at radius 3 is 1.22 bits per heavy atom. The molecule has 5 aromatic rings. The zero-order chi connectivity index (χ0) is 44.3. The average molecular weight is 1050 g/mol. The molecule has 0 amide bonds. The number of halogens is 3. The molecule has 0 aliphatic heterocycles. The Hall–Kier alpha value is -4.53. The summed E-state index contributed by atoms with van der Waals surface area (Å²) < 4.78 is 9.85. The van der Waals surface area contributed by atoms with Gasteiger partial charge in [-0.2, -0.15) is 0 Å². The first kappa shape index (κ1) is 59.8. The van der Waals surface area contributed by atoms with Gasteiger partial charge < -0.3 is 19.7 Å². The van der Waals surface area contributed by atoms with Crippen molar-refractivity contribution in [2.24, 2.45) is 0 Å². The summed E-state index contributed by atoms with van der Waals surface area (Å²) in [5, 5.41) is 19.8. The van der Waals surface area contributed by atoms with Crippen molar-refractivity contribution < 1.29 is 59.3 Å². The minimum atomic E-state index is -1.10. The van der Waals surface area contributed by atoms with Crippen molar-refractivity contribution in [2.75, 3.05) is 14.2 Å². The van der Waals surface area contributed by atoms with Crippen molar-refractivity contribution in [1.29, 1.82) is 0 Å². The van der Waals surface area contributed by atoms with E-state index in [1.807, 2.05) is 0 Å². The van der Waals surface area contributed by atoms with Crippen LogP contribution in [0.15, 0.2) is 132 Å². The molecule has 0 spiro atoms. The monoisotopic (exact) mass is 1040 g/mol. The van der Waals surface area contributed by atoms with Gasteiger partial charge in [0.1, 0.15) is 8.07 Å². The number of methoxy groups -OCH3 is 2. The Kier molecular flexibility index (Phi) is 33.1. The van der Waals surface area contributed by atoms with E-state index in [0.717, 1.165) is 18.3 Å². The number of ether oxygens (including phenoxy) is 2. The van der Waals surface area contributed by atoms with E-state index in [9.17, 15) is 9.59 Å². The zero-order valence-electron chi connectivity index (χ0n) is 33.5. The van der Waals surface area contributed by atoms with Crippen molar-refractivity contribution in [3.05, 3.63) is 159 Å². The van der Waals surface area contributed by atoms with Gasteiger partial charge in [-0.1, -0.05) is 163 Å². The molecule has 2 N–H and O–H groups in total. The number of benzene rings is 5. The number of esters is 2. The number of hydrogen-bond acceptors (Lipinski definition) is 6. The van der Waals surface area contributed by atoms with E-state index in [1.54, 1.807) is 30.3 Å². The molecular weight excluding hydrogens is 997 g/mol. The number of carboxylic acids is 2. The van der Waals surface area contributed by atoms with E-state index in [-0.39, 0.29) is 27.8 Å². The number of carbonyl (C=O) groups is 4. The fraction of sp³-hybridized carbons (Fsp3) is 0.174. The third-order valence-electron chi connectivity index (χ3n) is 6.35. The Bertz CT molecular complexity index is 2010. The summed E-state index contributed by atoms with van der Waals surface area (Å²) >= 11 is 14.7. The van der Waals surface area contributed by atoms with Gasteiger partial charge in [-0.15, -0.1) is 18.4 Å². The Labute approximate surface area is 389 Å². The minimum absolute atomic E-state index is 0. The molecule has 0 heterocycles. The van der Waals surface area contributed by atoms with Crippen molar-refractivity contribution >= 4 is 94.9 Å². The molecule has 5 aromatic carbocycles. The number of aliphatic carboxylic acids is 2. The van der Waals surface area contributed by atoms with Crippen molar-refractivity contribution in [1.82, 2.24) is 0 Å². The zero-order valence-corrected chi connectivity index (χ0v) is 40.1. The predicted molar refractivity (Wildman–Crippen MR) is 252 cm³/mol. The summed E-state index contributed by atoms with van der Waals surface area (Å²) in [4.78, 5) is 40.2. The molecule has 0 fully saturated rings. The molecule has 0 aliphatic carbocycles. The molecule has 0 saturated carbocycles. The van der Waals surface area contributed by atoms with Gasteiger partial charge in [0.15, 0.2) is 0 Å². The number of carbonyl (C=O) groups excluding carboxylic acids is 2. The second-order valence-electron chi connectivity index (χ2n) is 12.2. The van der Waals surface area contributed by atoms with E-state index >= 15 is 0 Å². The molecule has 0 saturated heterocycles. The Balaban J connectivity index is -0.000000706. The fourth-order valence-corrected chi connectivity index (χ4v) is 6.88. The quantitative estimate of drug-likeness (QED) is 0.0771. The standard InChI is InChI=1S/C18H15P.C10H7ClO2.C8H6BrClO2.C5H10Si.2C2H4O2.CH4.Pd/c1-4-10-16(11-5-1)19(17-12-6-2-7-13-17)18-14-8-3-9-15-18;1-3-7-4-5-9(11)8(6-7)10(12)13-2;1-12-8(11)6-4-5(9)2-3-7(6)10;1-5-6(2,3)4;2*1-2(3)4;;/h1-15H;1,4-6H,2H3;2-4H,1H3;1H,2-4H3;2*1H3,(H,3,4);1H4;. The van der Waals surface area contributed by atoms with Gasteiger partial charge in [-0.05, 0) is 60.2 Å². The van der Waals surface area contributed by atoms with Gasteiger partial charge in [-0.3, -0.25) is 9.59 Å². The van der Waals surface area contributed by atoms with Crippen LogP contribution in [0.4, 0.5) is 0 Å². The van der Waals surface area contributed by atoms with Crippen LogP contribution in [-0.4, -0.2) is 56.4 Å². The van der Waals surface area contributed by atoms with Crippen molar-refractivity contribution in [3.63, 3.8) is 0 Å². The SMILES string of the molecule is C.C#C[Si](C)(C)C.C#Cc1ccc(Cl)c(C(=O)OC)c1.CC(=O)O.CC(=O)O.COC(=O)c1cc(Br)ccc1Cl.[Pd].c1ccc(P(c2ccccc2)c2ccccc2)cc1. The number of hydrogen-bond donors (Lipinski definition) is 2.